The highest BCUT2D eigenvalue weighted by Crippen LogP contribution is 2.41. The van der Waals surface area contributed by atoms with Gasteiger partial charge < -0.3 is 19.9 Å². The molecule has 2 atom stereocenters. The molecular formula is C14H21NO3. The predicted molar refractivity (Wildman–Crippen MR) is 70.0 cm³/mol. The van der Waals surface area contributed by atoms with E-state index in [1.807, 2.05) is 18.2 Å². The van der Waals surface area contributed by atoms with Gasteiger partial charge in [-0.25, -0.2) is 0 Å². The molecule has 1 aliphatic rings. The summed E-state index contributed by atoms with van der Waals surface area (Å²) in [6.45, 7) is 1.41. The number of methoxy groups -OCH3 is 2. The Bertz CT molecular complexity index is 395. The first-order valence-electron chi connectivity index (χ1n) is 6.34. The van der Waals surface area contributed by atoms with Gasteiger partial charge in [0.05, 0.1) is 20.3 Å². The van der Waals surface area contributed by atoms with Crippen LogP contribution in [0.25, 0.3) is 0 Å². The maximum absolute atomic E-state index is 5.89. The minimum absolute atomic E-state index is 0.00815. The quantitative estimate of drug-likeness (QED) is 0.890. The van der Waals surface area contributed by atoms with Crippen molar-refractivity contribution >= 4 is 0 Å². The molecular weight excluding hydrogens is 230 g/mol. The molecule has 2 N–H and O–H groups in total. The summed E-state index contributed by atoms with van der Waals surface area (Å²) < 4.78 is 16.7. The van der Waals surface area contributed by atoms with Crippen molar-refractivity contribution in [2.24, 2.45) is 11.7 Å². The largest absolute Gasteiger partial charge is 0.493 e. The van der Waals surface area contributed by atoms with E-state index in [4.69, 9.17) is 19.9 Å². The highest BCUT2D eigenvalue weighted by molar-refractivity contribution is 5.48. The van der Waals surface area contributed by atoms with Crippen LogP contribution in [0.15, 0.2) is 18.2 Å². The molecule has 2 rings (SSSR count). The first-order valence-corrected chi connectivity index (χ1v) is 6.34. The Labute approximate surface area is 108 Å². The number of ether oxygens (including phenoxy) is 3. The molecule has 0 spiro atoms. The second kappa shape index (κ2) is 6.07. The molecule has 0 saturated carbocycles. The SMILES string of the molecule is COc1cccc(C2OCCCC2CN)c1OC. The molecule has 0 aliphatic carbocycles. The molecule has 1 fully saturated rings. The van der Waals surface area contributed by atoms with E-state index < -0.39 is 0 Å². The third-order valence-electron chi connectivity index (χ3n) is 3.49. The Morgan fingerprint density at radius 1 is 1.33 bits per heavy atom. The second-order valence-corrected chi connectivity index (χ2v) is 4.51. The molecule has 100 valence electrons. The molecule has 0 radical (unpaired) electrons. The minimum atomic E-state index is 0.00815. The van der Waals surface area contributed by atoms with E-state index in [1.54, 1.807) is 14.2 Å². The fourth-order valence-corrected chi connectivity index (χ4v) is 2.56. The molecule has 0 bridgehead atoms. The van der Waals surface area contributed by atoms with Crippen molar-refractivity contribution in [2.45, 2.75) is 18.9 Å². The van der Waals surface area contributed by atoms with E-state index in [0.29, 0.717) is 12.5 Å². The lowest BCUT2D eigenvalue weighted by molar-refractivity contribution is -0.0264. The standard InChI is InChI=1S/C14H21NO3/c1-16-12-7-3-6-11(14(12)17-2)13-10(9-15)5-4-8-18-13/h3,6-7,10,13H,4-5,8-9,15H2,1-2H3. The van der Waals surface area contributed by atoms with E-state index in [2.05, 4.69) is 0 Å². The van der Waals surface area contributed by atoms with Gasteiger partial charge in [0, 0.05) is 18.1 Å². The summed E-state index contributed by atoms with van der Waals surface area (Å²) in [4.78, 5) is 0. The van der Waals surface area contributed by atoms with Gasteiger partial charge in [-0.05, 0) is 25.5 Å². The van der Waals surface area contributed by atoms with Crippen molar-refractivity contribution in [3.63, 3.8) is 0 Å². The van der Waals surface area contributed by atoms with Crippen LogP contribution in [0.1, 0.15) is 24.5 Å². The van der Waals surface area contributed by atoms with Crippen LogP contribution in [0.4, 0.5) is 0 Å². The second-order valence-electron chi connectivity index (χ2n) is 4.51. The van der Waals surface area contributed by atoms with Crippen LogP contribution in [-0.4, -0.2) is 27.4 Å². The Morgan fingerprint density at radius 2 is 2.17 bits per heavy atom. The van der Waals surface area contributed by atoms with Crippen LogP contribution in [0.3, 0.4) is 0 Å². The van der Waals surface area contributed by atoms with E-state index in [9.17, 15) is 0 Å². The number of rotatable bonds is 4. The maximum atomic E-state index is 5.89. The molecule has 2 unspecified atom stereocenters. The van der Waals surface area contributed by atoms with Crippen LogP contribution in [0, 0.1) is 5.92 Å². The number of hydrogen-bond acceptors (Lipinski definition) is 4. The summed E-state index contributed by atoms with van der Waals surface area (Å²) in [6, 6.07) is 5.88. The summed E-state index contributed by atoms with van der Waals surface area (Å²) in [7, 11) is 3.30. The van der Waals surface area contributed by atoms with Gasteiger partial charge in [0.1, 0.15) is 0 Å². The summed E-state index contributed by atoms with van der Waals surface area (Å²) in [5, 5.41) is 0. The third kappa shape index (κ3) is 2.44. The molecule has 18 heavy (non-hydrogen) atoms. The monoisotopic (exact) mass is 251 g/mol. The van der Waals surface area contributed by atoms with Crippen LogP contribution < -0.4 is 15.2 Å². The van der Waals surface area contributed by atoms with E-state index in [1.165, 1.54) is 0 Å². The van der Waals surface area contributed by atoms with Gasteiger partial charge in [-0.1, -0.05) is 12.1 Å². The van der Waals surface area contributed by atoms with Gasteiger partial charge >= 0.3 is 0 Å². The zero-order valence-corrected chi connectivity index (χ0v) is 11.0. The molecule has 4 nitrogen and oxygen atoms in total. The van der Waals surface area contributed by atoms with Gasteiger partial charge in [-0.3, -0.25) is 0 Å². The molecule has 1 heterocycles. The van der Waals surface area contributed by atoms with E-state index in [-0.39, 0.29) is 6.10 Å². The number of hydrogen-bond donors (Lipinski definition) is 1. The summed E-state index contributed by atoms with van der Waals surface area (Å²) in [5.74, 6) is 1.84. The summed E-state index contributed by atoms with van der Waals surface area (Å²) in [5.41, 5.74) is 6.88. The van der Waals surface area contributed by atoms with Crippen LogP contribution in [0.2, 0.25) is 0 Å². The van der Waals surface area contributed by atoms with Crippen LogP contribution >= 0.6 is 0 Å². The Kier molecular flexibility index (Phi) is 4.44. The molecule has 1 saturated heterocycles. The lowest BCUT2D eigenvalue weighted by atomic mass is 9.89. The Morgan fingerprint density at radius 3 is 2.83 bits per heavy atom. The molecule has 1 aliphatic heterocycles. The fraction of sp³-hybridized carbons (Fsp3) is 0.571. The van der Waals surface area contributed by atoms with Gasteiger partial charge in [-0.15, -0.1) is 0 Å². The number of para-hydroxylation sites is 1. The average molecular weight is 251 g/mol. The van der Waals surface area contributed by atoms with Crippen molar-refractivity contribution in [3.8, 4) is 11.5 Å². The van der Waals surface area contributed by atoms with Crippen molar-refractivity contribution < 1.29 is 14.2 Å². The predicted octanol–water partition coefficient (Wildman–Crippen LogP) is 2.13. The zero-order valence-electron chi connectivity index (χ0n) is 11.0. The first kappa shape index (κ1) is 13.2. The minimum Gasteiger partial charge on any atom is -0.493 e. The van der Waals surface area contributed by atoms with Crippen molar-refractivity contribution in [1.82, 2.24) is 0 Å². The molecule has 0 aromatic heterocycles. The average Bonchev–Trinajstić information content (AvgIpc) is 2.46. The summed E-state index contributed by atoms with van der Waals surface area (Å²) in [6.07, 6.45) is 2.18. The highest BCUT2D eigenvalue weighted by Gasteiger charge is 2.29. The van der Waals surface area contributed by atoms with Gasteiger partial charge in [0.2, 0.25) is 0 Å². The maximum Gasteiger partial charge on any atom is 0.166 e. The molecule has 1 aromatic carbocycles. The first-order chi connectivity index (χ1) is 8.81. The van der Waals surface area contributed by atoms with E-state index >= 15 is 0 Å². The molecule has 1 aromatic rings. The van der Waals surface area contributed by atoms with Gasteiger partial charge in [0.15, 0.2) is 11.5 Å². The highest BCUT2D eigenvalue weighted by atomic mass is 16.5. The topological polar surface area (TPSA) is 53.7 Å². The number of nitrogens with two attached hydrogens (primary N) is 1. The van der Waals surface area contributed by atoms with Gasteiger partial charge in [0.25, 0.3) is 0 Å². The normalized spacial score (nSPS) is 23.7. The number of benzene rings is 1. The Hall–Kier alpha value is -1.26. The fourth-order valence-electron chi connectivity index (χ4n) is 2.56. The smallest absolute Gasteiger partial charge is 0.166 e. The Balaban J connectivity index is 2.36. The van der Waals surface area contributed by atoms with E-state index in [0.717, 1.165) is 36.5 Å². The third-order valence-corrected chi connectivity index (χ3v) is 3.49. The van der Waals surface area contributed by atoms with Crippen LogP contribution in [0.5, 0.6) is 11.5 Å². The van der Waals surface area contributed by atoms with Crippen molar-refractivity contribution in [1.29, 1.82) is 0 Å². The van der Waals surface area contributed by atoms with Crippen molar-refractivity contribution in [3.05, 3.63) is 23.8 Å². The lowest BCUT2D eigenvalue weighted by Gasteiger charge is -2.32. The van der Waals surface area contributed by atoms with Crippen LogP contribution in [-0.2, 0) is 4.74 Å². The zero-order chi connectivity index (χ0) is 13.0. The molecule has 4 heteroatoms. The molecule has 0 amide bonds. The lowest BCUT2D eigenvalue weighted by Crippen LogP contribution is -2.28. The summed E-state index contributed by atoms with van der Waals surface area (Å²) >= 11 is 0. The van der Waals surface area contributed by atoms with Gasteiger partial charge in [-0.2, -0.15) is 0 Å². The van der Waals surface area contributed by atoms with Crippen molar-refractivity contribution in [2.75, 3.05) is 27.4 Å².